The van der Waals surface area contributed by atoms with E-state index < -0.39 is 0 Å². The molecule has 0 aliphatic carbocycles. The number of anilines is 1. The van der Waals surface area contributed by atoms with Gasteiger partial charge in [-0.25, -0.2) is 0 Å². The molecule has 0 spiro atoms. The summed E-state index contributed by atoms with van der Waals surface area (Å²) in [6.45, 7) is 3.57. The highest BCUT2D eigenvalue weighted by molar-refractivity contribution is 7.99. The van der Waals surface area contributed by atoms with Crippen molar-refractivity contribution in [3.63, 3.8) is 0 Å². The number of nitrogens with two attached hydrogens (primary N) is 1. The number of hydrogen-bond donors (Lipinski definition) is 3. The zero-order valence-electron chi connectivity index (χ0n) is 15.1. The fraction of sp³-hybridized carbons (Fsp3) is 0.579. The quantitative estimate of drug-likeness (QED) is 0.699. The summed E-state index contributed by atoms with van der Waals surface area (Å²) < 4.78 is 0. The lowest BCUT2D eigenvalue weighted by Gasteiger charge is -2.30. The van der Waals surface area contributed by atoms with Crippen LogP contribution in [0.2, 0.25) is 0 Å². The van der Waals surface area contributed by atoms with Crippen LogP contribution >= 0.6 is 11.8 Å². The van der Waals surface area contributed by atoms with E-state index in [-0.39, 0.29) is 23.8 Å². The highest BCUT2D eigenvalue weighted by atomic mass is 32.2. The number of likely N-dealkylation sites (tertiary alicyclic amines) is 1. The molecule has 3 rings (SSSR count). The van der Waals surface area contributed by atoms with Gasteiger partial charge in [0.2, 0.25) is 11.8 Å². The van der Waals surface area contributed by atoms with Crippen LogP contribution in [0.5, 0.6) is 0 Å². The summed E-state index contributed by atoms with van der Waals surface area (Å²) in [5.74, 6) is 2.01. The van der Waals surface area contributed by atoms with E-state index in [1.165, 1.54) is 5.56 Å². The maximum atomic E-state index is 12.3. The van der Waals surface area contributed by atoms with Crippen LogP contribution in [0.4, 0.5) is 5.69 Å². The van der Waals surface area contributed by atoms with Crippen LogP contribution < -0.4 is 16.4 Å². The molecule has 0 radical (unpaired) electrons. The molecule has 7 heteroatoms. The van der Waals surface area contributed by atoms with Crippen molar-refractivity contribution in [2.75, 3.05) is 36.5 Å². The average Bonchev–Trinajstić information content (AvgIpc) is 2.63. The molecule has 142 valence electrons. The third-order valence-electron chi connectivity index (χ3n) is 5.04. The van der Waals surface area contributed by atoms with Crippen molar-refractivity contribution < 1.29 is 9.59 Å². The van der Waals surface area contributed by atoms with Gasteiger partial charge >= 0.3 is 0 Å². The van der Waals surface area contributed by atoms with E-state index in [9.17, 15) is 9.59 Å². The van der Waals surface area contributed by atoms with Crippen LogP contribution in [-0.2, 0) is 16.1 Å². The molecule has 0 aromatic heterocycles. The van der Waals surface area contributed by atoms with Crippen molar-refractivity contribution in [1.82, 2.24) is 10.2 Å². The number of carbonyl (C=O) groups is 2. The summed E-state index contributed by atoms with van der Waals surface area (Å²) in [5, 5.41) is 6.41. The Morgan fingerprint density at radius 2 is 2.12 bits per heavy atom. The first-order chi connectivity index (χ1) is 12.6. The van der Waals surface area contributed by atoms with E-state index in [2.05, 4.69) is 21.6 Å². The van der Waals surface area contributed by atoms with Crippen LogP contribution in [-0.4, -0.2) is 53.9 Å². The summed E-state index contributed by atoms with van der Waals surface area (Å²) in [4.78, 5) is 25.9. The normalized spacial score (nSPS) is 22.1. The average molecular weight is 377 g/mol. The van der Waals surface area contributed by atoms with Gasteiger partial charge in [0.15, 0.2) is 0 Å². The van der Waals surface area contributed by atoms with Gasteiger partial charge in [0.05, 0.1) is 0 Å². The molecule has 2 heterocycles. The van der Waals surface area contributed by atoms with E-state index in [4.69, 9.17) is 5.73 Å². The number of primary amides is 1. The van der Waals surface area contributed by atoms with Crippen LogP contribution in [0.3, 0.4) is 0 Å². The van der Waals surface area contributed by atoms with Gasteiger partial charge in [-0.05, 0) is 43.6 Å². The zero-order valence-corrected chi connectivity index (χ0v) is 15.9. The van der Waals surface area contributed by atoms with Crippen molar-refractivity contribution in [2.24, 2.45) is 11.7 Å². The summed E-state index contributed by atoms with van der Waals surface area (Å²) in [5.41, 5.74) is 7.42. The van der Waals surface area contributed by atoms with E-state index in [1.54, 1.807) is 0 Å². The summed E-state index contributed by atoms with van der Waals surface area (Å²) >= 11 is 1.90. The number of benzene rings is 1. The summed E-state index contributed by atoms with van der Waals surface area (Å²) in [6.07, 6.45) is 2.17. The molecule has 2 aliphatic rings. The highest BCUT2D eigenvalue weighted by Gasteiger charge is 2.23. The van der Waals surface area contributed by atoms with E-state index >= 15 is 0 Å². The first-order valence-electron chi connectivity index (χ1n) is 9.32. The predicted octanol–water partition coefficient (Wildman–Crippen LogP) is 1.42. The van der Waals surface area contributed by atoms with E-state index in [0.717, 1.165) is 56.2 Å². The molecular weight excluding hydrogens is 348 g/mol. The lowest BCUT2D eigenvalue weighted by molar-refractivity contribution is -0.123. The first kappa shape index (κ1) is 19.2. The van der Waals surface area contributed by atoms with E-state index in [0.29, 0.717) is 6.42 Å². The van der Waals surface area contributed by atoms with Gasteiger partial charge in [-0.15, -0.1) is 0 Å². The Balaban J connectivity index is 1.48. The zero-order chi connectivity index (χ0) is 18.4. The van der Waals surface area contributed by atoms with Gasteiger partial charge in [0.25, 0.3) is 0 Å². The third kappa shape index (κ3) is 5.72. The lowest BCUT2D eigenvalue weighted by atomic mass is 9.96. The number of thioether (sulfide) groups is 1. The number of nitrogens with one attached hydrogen (secondary N) is 2. The first-order valence-corrected chi connectivity index (χ1v) is 10.5. The van der Waals surface area contributed by atoms with Crippen molar-refractivity contribution in [2.45, 2.75) is 31.8 Å². The molecule has 1 unspecified atom stereocenters. The molecule has 2 amide bonds. The molecule has 1 atom stereocenters. The smallest absolute Gasteiger partial charge is 0.225 e. The standard InChI is InChI=1S/C19H28N4O2S/c20-19(25)15-4-7-23(8-5-15)12-14-2-1-3-16(10-14)22-18(24)11-17-13-26-9-6-21-17/h1-3,10,15,17,21H,4-9,11-13H2,(H2,20,25)(H,22,24). The van der Waals surface area contributed by atoms with Crippen molar-refractivity contribution in [1.29, 1.82) is 0 Å². The largest absolute Gasteiger partial charge is 0.369 e. The van der Waals surface area contributed by atoms with Crippen LogP contribution in [0.25, 0.3) is 0 Å². The maximum Gasteiger partial charge on any atom is 0.225 e. The van der Waals surface area contributed by atoms with E-state index in [1.807, 2.05) is 30.0 Å². The number of carbonyl (C=O) groups excluding carboxylic acids is 2. The Hall–Kier alpha value is -1.57. The van der Waals surface area contributed by atoms with Gasteiger partial charge in [-0.3, -0.25) is 14.5 Å². The second-order valence-electron chi connectivity index (χ2n) is 7.13. The molecule has 1 aromatic rings. The second-order valence-corrected chi connectivity index (χ2v) is 8.28. The van der Waals surface area contributed by atoms with Crippen molar-refractivity contribution in [3.05, 3.63) is 29.8 Å². The van der Waals surface area contributed by atoms with Crippen molar-refractivity contribution >= 4 is 29.3 Å². The molecule has 2 fully saturated rings. The summed E-state index contributed by atoms with van der Waals surface area (Å²) in [6, 6.07) is 8.30. The Kier molecular flexibility index (Phi) is 6.93. The van der Waals surface area contributed by atoms with Crippen molar-refractivity contribution in [3.8, 4) is 0 Å². The molecule has 4 N–H and O–H groups in total. The monoisotopic (exact) mass is 376 g/mol. The molecule has 6 nitrogen and oxygen atoms in total. The number of piperidine rings is 1. The topological polar surface area (TPSA) is 87.5 Å². The Morgan fingerprint density at radius 3 is 2.81 bits per heavy atom. The predicted molar refractivity (Wildman–Crippen MR) is 106 cm³/mol. The number of nitrogens with zero attached hydrogens (tertiary/aromatic N) is 1. The van der Waals surface area contributed by atoms with Gasteiger partial charge in [-0.2, -0.15) is 11.8 Å². The SMILES string of the molecule is NC(=O)C1CCN(Cc2cccc(NC(=O)CC3CSCCN3)c2)CC1. The fourth-order valence-corrected chi connectivity index (χ4v) is 4.52. The van der Waals surface area contributed by atoms with Crippen LogP contribution in [0, 0.1) is 5.92 Å². The molecule has 2 aliphatic heterocycles. The van der Waals surface area contributed by atoms with Gasteiger partial charge < -0.3 is 16.4 Å². The molecule has 1 aromatic carbocycles. The minimum absolute atomic E-state index is 0.0171. The Labute approximate surface area is 159 Å². The molecule has 26 heavy (non-hydrogen) atoms. The third-order valence-corrected chi connectivity index (χ3v) is 6.17. The van der Waals surface area contributed by atoms with Crippen LogP contribution in [0.1, 0.15) is 24.8 Å². The lowest BCUT2D eigenvalue weighted by Crippen LogP contribution is -2.39. The number of hydrogen-bond acceptors (Lipinski definition) is 5. The van der Waals surface area contributed by atoms with Gasteiger partial charge in [0.1, 0.15) is 0 Å². The number of amides is 2. The maximum absolute atomic E-state index is 12.3. The minimum atomic E-state index is -0.180. The number of rotatable bonds is 6. The highest BCUT2D eigenvalue weighted by Crippen LogP contribution is 2.20. The fourth-order valence-electron chi connectivity index (χ4n) is 3.57. The van der Waals surface area contributed by atoms with Gasteiger partial charge in [0, 0.05) is 48.7 Å². The Morgan fingerprint density at radius 1 is 1.31 bits per heavy atom. The Bertz CT molecular complexity index is 626. The van der Waals surface area contributed by atoms with Gasteiger partial charge in [-0.1, -0.05) is 12.1 Å². The molecule has 0 saturated carbocycles. The molecule has 0 bridgehead atoms. The minimum Gasteiger partial charge on any atom is -0.369 e. The van der Waals surface area contributed by atoms with Crippen LogP contribution in [0.15, 0.2) is 24.3 Å². The summed E-state index contributed by atoms with van der Waals surface area (Å²) in [7, 11) is 0. The second kappa shape index (κ2) is 9.39. The molecular formula is C19H28N4O2S. The molecule has 2 saturated heterocycles.